The molecule has 9 heteroatoms. The molecule has 4 rings (SSSR count). The third-order valence-electron chi connectivity index (χ3n) is 6.41. The van der Waals surface area contributed by atoms with Gasteiger partial charge in [-0.1, -0.05) is 19.1 Å². The Kier molecular flexibility index (Phi) is 7.28. The van der Waals surface area contributed by atoms with E-state index in [-0.39, 0.29) is 53.5 Å². The molecule has 0 aliphatic heterocycles. The van der Waals surface area contributed by atoms with Crippen LogP contribution in [0.1, 0.15) is 41.7 Å². The predicted molar refractivity (Wildman–Crippen MR) is 131 cm³/mol. The van der Waals surface area contributed by atoms with E-state index in [1.165, 1.54) is 26.4 Å². The standard InChI is InChI=1S/C26H27BFNO6/c1-15-20(9-16-10-23(33-2)26(27(31)32)24(11-16)34-3)19-7-6-17(28)12-22(19)21(15)13-25(30)29-14-18-5-4-8-35-18/h4-12,15,21,31-32H,13-14H2,1-3H3,(H,29,30). The summed E-state index contributed by atoms with van der Waals surface area (Å²) in [6.07, 6.45) is 3.67. The molecule has 1 amide bonds. The number of methoxy groups -OCH3 is 2. The number of fused-ring (bicyclic) bond motifs is 1. The summed E-state index contributed by atoms with van der Waals surface area (Å²) in [6.45, 7) is 2.29. The largest absolute Gasteiger partial charge is 0.497 e. The van der Waals surface area contributed by atoms with E-state index >= 15 is 0 Å². The number of hydrogen-bond donors (Lipinski definition) is 3. The molecular weight excluding hydrogens is 452 g/mol. The van der Waals surface area contributed by atoms with E-state index in [1.807, 2.05) is 13.0 Å². The summed E-state index contributed by atoms with van der Waals surface area (Å²) in [5.74, 6) is 0.383. The van der Waals surface area contributed by atoms with Gasteiger partial charge in [0, 0.05) is 6.42 Å². The van der Waals surface area contributed by atoms with Gasteiger partial charge in [-0.15, -0.1) is 0 Å². The molecule has 1 aliphatic carbocycles. The van der Waals surface area contributed by atoms with E-state index in [2.05, 4.69) is 5.32 Å². The maximum Gasteiger partial charge on any atom is 0.496 e. The van der Waals surface area contributed by atoms with Crippen LogP contribution in [0.25, 0.3) is 11.6 Å². The van der Waals surface area contributed by atoms with Gasteiger partial charge in [0.1, 0.15) is 23.1 Å². The summed E-state index contributed by atoms with van der Waals surface area (Å²) in [5.41, 5.74) is 3.42. The third-order valence-corrected chi connectivity index (χ3v) is 6.41. The van der Waals surface area contributed by atoms with E-state index in [4.69, 9.17) is 13.9 Å². The Labute approximate surface area is 203 Å². The maximum absolute atomic E-state index is 14.2. The predicted octanol–water partition coefficient (Wildman–Crippen LogP) is 3.10. The molecule has 3 N–H and O–H groups in total. The molecule has 0 spiro atoms. The average Bonchev–Trinajstić information content (AvgIpc) is 3.44. The summed E-state index contributed by atoms with van der Waals surface area (Å²) in [7, 11) is 1.11. The molecule has 0 fully saturated rings. The molecule has 0 bridgehead atoms. The lowest BCUT2D eigenvalue weighted by atomic mass is 9.78. The lowest BCUT2D eigenvalue weighted by Gasteiger charge is -2.18. The van der Waals surface area contributed by atoms with Crippen molar-refractivity contribution in [3.05, 3.63) is 77.0 Å². The molecule has 1 aromatic heterocycles. The minimum absolute atomic E-state index is 0.0822. The number of hydrogen-bond acceptors (Lipinski definition) is 6. The Hall–Kier alpha value is -3.56. The Morgan fingerprint density at radius 1 is 1.17 bits per heavy atom. The first-order chi connectivity index (χ1) is 16.8. The molecular formula is C26H27BFNO6. The zero-order valence-electron chi connectivity index (χ0n) is 19.7. The monoisotopic (exact) mass is 479 g/mol. The van der Waals surface area contributed by atoms with Gasteiger partial charge in [0.2, 0.25) is 5.91 Å². The second kappa shape index (κ2) is 10.4. The van der Waals surface area contributed by atoms with Crippen LogP contribution in [-0.4, -0.2) is 37.3 Å². The average molecular weight is 479 g/mol. The first kappa shape index (κ1) is 24.6. The van der Waals surface area contributed by atoms with Gasteiger partial charge in [0.25, 0.3) is 0 Å². The summed E-state index contributed by atoms with van der Waals surface area (Å²) in [6, 6.07) is 11.5. The molecule has 35 heavy (non-hydrogen) atoms. The molecule has 1 aliphatic rings. The van der Waals surface area contributed by atoms with Gasteiger partial charge < -0.3 is 29.3 Å². The van der Waals surface area contributed by atoms with Gasteiger partial charge in [-0.2, -0.15) is 0 Å². The van der Waals surface area contributed by atoms with Gasteiger partial charge in [-0.3, -0.25) is 4.79 Å². The highest BCUT2D eigenvalue weighted by Crippen LogP contribution is 2.48. The minimum Gasteiger partial charge on any atom is -0.497 e. The topological polar surface area (TPSA) is 101 Å². The van der Waals surface area contributed by atoms with Crippen LogP contribution in [-0.2, 0) is 11.3 Å². The van der Waals surface area contributed by atoms with Crippen molar-refractivity contribution in [3.8, 4) is 11.5 Å². The number of benzene rings is 2. The number of carbonyl (C=O) groups is 1. The van der Waals surface area contributed by atoms with E-state index < -0.39 is 7.12 Å². The Bertz CT molecular complexity index is 1220. The van der Waals surface area contributed by atoms with Crippen LogP contribution < -0.4 is 20.3 Å². The smallest absolute Gasteiger partial charge is 0.496 e. The summed E-state index contributed by atoms with van der Waals surface area (Å²) in [4.78, 5) is 12.7. The Morgan fingerprint density at radius 2 is 1.89 bits per heavy atom. The van der Waals surface area contributed by atoms with E-state index in [0.29, 0.717) is 11.3 Å². The van der Waals surface area contributed by atoms with E-state index in [9.17, 15) is 19.2 Å². The van der Waals surface area contributed by atoms with Gasteiger partial charge in [0.15, 0.2) is 0 Å². The second-order valence-electron chi connectivity index (χ2n) is 8.50. The summed E-state index contributed by atoms with van der Waals surface area (Å²) >= 11 is 0. The van der Waals surface area contributed by atoms with Crippen LogP contribution in [0.4, 0.5) is 4.39 Å². The van der Waals surface area contributed by atoms with Crippen molar-refractivity contribution < 1.29 is 33.1 Å². The fourth-order valence-electron chi connectivity index (χ4n) is 4.68. The number of furan rings is 1. The normalized spacial score (nSPS) is 17.8. The molecule has 1 heterocycles. The van der Waals surface area contributed by atoms with Crippen molar-refractivity contribution in [2.75, 3.05) is 14.2 Å². The van der Waals surface area contributed by atoms with E-state index in [1.54, 1.807) is 36.6 Å². The first-order valence-corrected chi connectivity index (χ1v) is 11.2. The van der Waals surface area contributed by atoms with Gasteiger partial charge >= 0.3 is 7.12 Å². The third kappa shape index (κ3) is 5.11. The Morgan fingerprint density at radius 3 is 2.49 bits per heavy atom. The number of carbonyl (C=O) groups excluding carboxylic acids is 1. The van der Waals surface area contributed by atoms with Crippen LogP contribution in [0.2, 0.25) is 0 Å². The highest BCUT2D eigenvalue weighted by molar-refractivity contribution is 6.61. The quantitative estimate of drug-likeness (QED) is 0.430. The molecule has 0 saturated heterocycles. The molecule has 7 nitrogen and oxygen atoms in total. The molecule has 2 atom stereocenters. The second-order valence-corrected chi connectivity index (χ2v) is 8.50. The molecule has 0 radical (unpaired) electrons. The van der Waals surface area contributed by atoms with Gasteiger partial charge in [-0.25, -0.2) is 4.39 Å². The van der Waals surface area contributed by atoms with Crippen LogP contribution in [0.3, 0.4) is 0 Å². The first-order valence-electron chi connectivity index (χ1n) is 11.2. The molecule has 0 saturated carbocycles. The van der Waals surface area contributed by atoms with Crippen LogP contribution >= 0.6 is 0 Å². The highest BCUT2D eigenvalue weighted by Gasteiger charge is 2.35. The summed E-state index contributed by atoms with van der Waals surface area (Å²) in [5, 5.41) is 22.4. The molecule has 182 valence electrons. The lowest BCUT2D eigenvalue weighted by Crippen LogP contribution is -2.32. The number of amides is 1. The molecule has 2 unspecified atom stereocenters. The van der Waals surface area contributed by atoms with Gasteiger partial charge in [-0.05, 0) is 70.5 Å². The van der Waals surface area contributed by atoms with Crippen molar-refractivity contribution in [2.24, 2.45) is 5.92 Å². The lowest BCUT2D eigenvalue weighted by molar-refractivity contribution is -0.121. The SMILES string of the molecule is COc1cc(C=C2c3ccc(F)cc3C(CC(=O)NCc3ccco3)C2C)cc(OC)c1B(O)O. The van der Waals surface area contributed by atoms with Crippen molar-refractivity contribution >= 4 is 30.1 Å². The fourth-order valence-corrected chi connectivity index (χ4v) is 4.68. The minimum atomic E-state index is -1.76. The number of ether oxygens (including phenoxy) is 2. The summed E-state index contributed by atoms with van der Waals surface area (Å²) < 4.78 is 30.2. The van der Waals surface area contributed by atoms with Crippen LogP contribution in [0, 0.1) is 11.7 Å². The van der Waals surface area contributed by atoms with Crippen LogP contribution in [0.5, 0.6) is 11.5 Å². The number of halogens is 1. The molecule has 3 aromatic rings. The van der Waals surface area contributed by atoms with Gasteiger partial charge in [0.05, 0.1) is 32.5 Å². The van der Waals surface area contributed by atoms with Crippen molar-refractivity contribution in [1.29, 1.82) is 0 Å². The zero-order valence-corrected chi connectivity index (χ0v) is 19.7. The number of rotatable bonds is 8. The van der Waals surface area contributed by atoms with Crippen molar-refractivity contribution in [2.45, 2.75) is 25.8 Å². The molecule has 2 aromatic carbocycles. The highest BCUT2D eigenvalue weighted by atomic mass is 19.1. The fraction of sp³-hybridized carbons (Fsp3) is 0.269. The Balaban J connectivity index is 1.67. The number of nitrogens with one attached hydrogen (secondary N) is 1. The zero-order chi connectivity index (χ0) is 25.1. The van der Waals surface area contributed by atoms with Crippen molar-refractivity contribution in [3.63, 3.8) is 0 Å². The van der Waals surface area contributed by atoms with Crippen molar-refractivity contribution in [1.82, 2.24) is 5.32 Å². The van der Waals surface area contributed by atoms with Crippen LogP contribution in [0.15, 0.2) is 53.1 Å². The number of allylic oxidation sites excluding steroid dienone is 1. The maximum atomic E-state index is 14.2. The van der Waals surface area contributed by atoms with E-state index in [0.717, 1.165) is 16.7 Å².